The zero-order valence-electron chi connectivity index (χ0n) is 7.98. The number of nitrogens with zero attached hydrogens (tertiary/aromatic N) is 1. The van der Waals surface area contributed by atoms with Crippen LogP contribution in [0.3, 0.4) is 0 Å². The van der Waals surface area contributed by atoms with Gasteiger partial charge in [0, 0.05) is 6.54 Å². The summed E-state index contributed by atoms with van der Waals surface area (Å²) in [5.74, 6) is 0. The van der Waals surface area contributed by atoms with Gasteiger partial charge in [0.05, 0.1) is 0 Å². The molecular weight excluding hydrogens is 245 g/mol. The third kappa shape index (κ3) is 3.82. The fraction of sp³-hybridized carbons (Fsp3) is 1.00. The highest BCUT2D eigenvalue weighted by molar-refractivity contribution is 7.93. The highest BCUT2D eigenvalue weighted by atomic mass is 32.2. The third-order valence-electron chi connectivity index (χ3n) is 2.33. The van der Waals surface area contributed by atoms with E-state index < -0.39 is 22.7 Å². The molecule has 0 radical (unpaired) electrons. The smallest absolute Gasteiger partial charge is 0.323 e. The number of likely N-dealkylation sites (tertiary alicyclic amines) is 1. The molecule has 0 aromatic carbocycles. The van der Waals surface area contributed by atoms with Crippen LogP contribution in [0.15, 0.2) is 0 Å². The monoisotopic (exact) mass is 259 g/mol. The van der Waals surface area contributed by atoms with Crippen LogP contribution >= 0.6 is 7.60 Å². The molecule has 0 aromatic rings. The standard InChI is InChI=1S/C6H14NO6PS/c8-14(9,10)6(15(11,12)13)5-7-3-1-2-4-7/h6H,1-5H2,(H2,8,9,10)(H,11,12,13). The van der Waals surface area contributed by atoms with Crippen molar-refractivity contribution < 1.29 is 27.3 Å². The molecule has 1 unspecified atom stereocenters. The molecule has 9 heteroatoms. The molecule has 1 saturated heterocycles. The lowest BCUT2D eigenvalue weighted by molar-refractivity contribution is 0.314. The van der Waals surface area contributed by atoms with Crippen LogP contribution in [0.4, 0.5) is 0 Å². The predicted molar refractivity (Wildman–Crippen MR) is 53.1 cm³/mol. The quantitative estimate of drug-likeness (QED) is 0.459. The van der Waals surface area contributed by atoms with Crippen LogP contribution in [0.2, 0.25) is 0 Å². The highest BCUT2D eigenvalue weighted by Gasteiger charge is 2.41. The van der Waals surface area contributed by atoms with Crippen LogP contribution in [-0.4, -0.2) is 52.3 Å². The zero-order valence-corrected chi connectivity index (χ0v) is 9.69. The Labute approximate surface area is 88.0 Å². The van der Waals surface area contributed by atoms with E-state index in [4.69, 9.17) is 14.3 Å². The summed E-state index contributed by atoms with van der Waals surface area (Å²) < 4.78 is 41.2. The molecule has 0 bridgehead atoms. The minimum atomic E-state index is -4.83. The second kappa shape index (κ2) is 4.48. The summed E-state index contributed by atoms with van der Waals surface area (Å²) >= 11 is 0. The molecule has 1 heterocycles. The first-order valence-corrected chi connectivity index (χ1v) is 7.63. The SMILES string of the molecule is O=P(O)(O)C(CN1CCCC1)S(=O)(=O)O. The Kier molecular flexibility index (Phi) is 3.91. The molecule has 1 atom stereocenters. The van der Waals surface area contributed by atoms with Gasteiger partial charge in [0.15, 0.2) is 4.99 Å². The van der Waals surface area contributed by atoms with Gasteiger partial charge in [0.2, 0.25) is 0 Å². The first-order valence-electron chi connectivity index (χ1n) is 4.45. The number of rotatable bonds is 4. The van der Waals surface area contributed by atoms with Crippen molar-refractivity contribution in [1.82, 2.24) is 4.90 Å². The Morgan fingerprint density at radius 1 is 1.27 bits per heavy atom. The molecule has 0 spiro atoms. The fourth-order valence-corrected chi connectivity index (χ4v) is 3.79. The lowest BCUT2D eigenvalue weighted by Gasteiger charge is -2.21. The first kappa shape index (κ1) is 13.1. The van der Waals surface area contributed by atoms with Crippen molar-refractivity contribution in [2.75, 3.05) is 19.6 Å². The molecule has 7 nitrogen and oxygen atoms in total. The highest BCUT2D eigenvalue weighted by Crippen LogP contribution is 2.44. The lowest BCUT2D eigenvalue weighted by Crippen LogP contribution is -2.35. The normalized spacial score (nSPS) is 21.8. The largest absolute Gasteiger partial charge is 0.347 e. The molecule has 0 saturated carbocycles. The van der Waals surface area contributed by atoms with E-state index in [0.29, 0.717) is 13.1 Å². The van der Waals surface area contributed by atoms with Crippen molar-refractivity contribution in [2.45, 2.75) is 17.8 Å². The van der Waals surface area contributed by atoms with Crippen LogP contribution in [-0.2, 0) is 14.7 Å². The van der Waals surface area contributed by atoms with Crippen molar-refractivity contribution >= 4 is 17.7 Å². The molecule has 15 heavy (non-hydrogen) atoms. The van der Waals surface area contributed by atoms with Gasteiger partial charge in [0.25, 0.3) is 10.1 Å². The van der Waals surface area contributed by atoms with Gasteiger partial charge in [-0.2, -0.15) is 8.42 Å². The Hall–Kier alpha value is 0.0200. The summed E-state index contributed by atoms with van der Waals surface area (Å²) in [6, 6.07) is 0. The molecular formula is C6H14NO6PS. The summed E-state index contributed by atoms with van der Waals surface area (Å²) in [6.45, 7) is 0.890. The summed E-state index contributed by atoms with van der Waals surface area (Å²) in [5.41, 5.74) is 0. The van der Waals surface area contributed by atoms with Gasteiger partial charge in [-0.05, 0) is 25.9 Å². The van der Waals surface area contributed by atoms with E-state index >= 15 is 0 Å². The second-order valence-electron chi connectivity index (χ2n) is 3.57. The average molecular weight is 259 g/mol. The molecule has 3 N–H and O–H groups in total. The van der Waals surface area contributed by atoms with E-state index in [1.54, 1.807) is 4.90 Å². The summed E-state index contributed by atoms with van der Waals surface area (Å²) in [4.78, 5) is 17.2. The van der Waals surface area contributed by atoms with Crippen molar-refractivity contribution in [2.24, 2.45) is 0 Å². The molecule has 0 amide bonds. The van der Waals surface area contributed by atoms with E-state index in [1.165, 1.54) is 0 Å². The van der Waals surface area contributed by atoms with Crippen LogP contribution in [0.5, 0.6) is 0 Å². The van der Waals surface area contributed by atoms with Gasteiger partial charge in [-0.25, -0.2) is 0 Å². The molecule has 0 aliphatic carbocycles. The van der Waals surface area contributed by atoms with Crippen molar-refractivity contribution in [1.29, 1.82) is 0 Å². The van der Waals surface area contributed by atoms with Gasteiger partial charge in [-0.15, -0.1) is 0 Å². The van der Waals surface area contributed by atoms with E-state index in [2.05, 4.69) is 0 Å². The van der Waals surface area contributed by atoms with Crippen molar-refractivity contribution in [3.63, 3.8) is 0 Å². The molecule has 0 aromatic heterocycles. The van der Waals surface area contributed by atoms with Crippen LogP contribution in [0.1, 0.15) is 12.8 Å². The summed E-state index contributed by atoms with van der Waals surface area (Å²) in [5, 5.41) is 0. The van der Waals surface area contributed by atoms with Gasteiger partial charge >= 0.3 is 7.60 Å². The molecule has 1 rings (SSSR count). The predicted octanol–water partition coefficient (Wildman–Crippen LogP) is -0.526. The van der Waals surface area contributed by atoms with Gasteiger partial charge in [0.1, 0.15) is 0 Å². The minimum absolute atomic E-state index is 0.316. The maximum atomic E-state index is 10.9. The van der Waals surface area contributed by atoms with Crippen LogP contribution in [0, 0.1) is 0 Å². The average Bonchev–Trinajstić information content (AvgIpc) is 2.46. The first-order chi connectivity index (χ1) is 6.71. The van der Waals surface area contributed by atoms with Gasteiger partial charge in [-0.3, -0.25) is 9.12 Å². The van der Waals surface area contributed by atoms with Crippen LogP contribution in [0.25, 0.3) is 0 Å². The number of hydrogen-bond donors (Lipinski definition) is 3. The minimum Gasteiger partial charge on any atom is -0.323 e. The maximum Gasteiger partial charge on any atom is 0.347 e. The molecule has 1 fully saturated rings. The molecule has 1 aliphatic rings. The van der Waals surface area contributed by atoms with E-state index in [1.807, 2.05) is 0 Å². The Bertz CT molecular complexity index is 356. The maximum absolute atomic E-state index is 10.9. The third-order valence-corrected chi connectivity index (χ3v) is 5.71. The van der Waals surface area contributed by atoms with E-state index in [9.17, 15) is 13.0 Å². The van der Waals surface area contributed by atoms with Gasteiger partial charge in [-0.1, -0.05) is 0 Å². The topological polar surface area (TPSA) is 115 Å². The molecule has 1 aliphatic heterocycles. The van der Waals surface area contributed by atoms with E-state index in [0.717, 1.165) is 12.8 Å². The zero-order chi connectivity index (χ0) is 11.7. The van der Waals surface area contributed by atoms with Gasteiger partial charge < -0.3 is 14.7 Å². The molecule has 90 valence electrons. The van der Waals surface area contributed by atoms with E-state index in [-0.39, 0.29) is 6.54 Å². The Morgan fingerprint density at radius 3 is 2.07 bits per heavy atom. The Morgan fingerprint density at radius 2 is 1.73 bits per heavy atom. The van der Waals surface area contributed by atoms with Crippen molar-refractivity contribution in [3.8, 4) is 0 Å². The fourth-order valence-electron chi connectivity index (χ4n) is 1.56. The van der Waals surface area contributed by atoms with Crippen molar-refractivity contribution in [3.05, 3.63) is 0 Å². The summed E-state index contributed by atoms with van der Waals surface area (Å²) in [7, 11) is -9.54. The number of hydrogen-bond acceptors (Lipinski definition) is 4. The second-order valence-corrected chi connectivity index (χ2v) is 7.32. The Balaban J connectivity index is 2.78. The van der Waals surface area contributed by atoms with Crippen LogP contribution < -0.4 is 0 Å². The lowest BCUT2D eigenvalue weighted by atomic mass is 10.4. The summed E-state index contributed by atoms with van der Waals surface area (Å²) in [6.07, 6.45) is 1.75.